The van der Waals surface area contributed by atoms with E-state index in [1.165, 1.54) is 250 Å². The molecule has 0 saturated carbocycles. The maximum absolute atomic E-state index is 13.1. The highest BCUT2D eigenvalue weighted by Gasteiger charge is 2.30. The van der Waals surface area contributed by atoms with Crippen LogP contribution in [0.5, 0.6) is 0 Å². The lowest BCUT2D eigenvalue weighted by molar-refractivity contribution is -0.161. The lowest BCUT2D eigenvalue weighted by Crippen LogP contribution is -2.30. The van der Waals surface area contributed by atoms with Crippen LogP contribution in [-0.4, -0.2) is 96.7 Å². The summed E-state index contributed by atoms with van der Waals surface area (Å²) in [5.74, 6) is -2.13. The SMILES string of the molecule is CCCCCC/C=C\C=C/CCCCCCCC(=O)O[C@H](COC(=O)CCCCCCCCCCCCC)COP(=O)(O)OC[C@H](O)COP(=O)(O)OC[C@@H](COC(=O)CCCCCCCCCCCCCCCCCCC)OC(=O)CCCCCCCCCCCCCCCCCCCCCC. The van der Waals surface area contributed by atoms with Crippen molar-refractivity contribution < 1.29 is 80.2 Å². The Morgan fingerprint density at radius 1 is 0.272 bits per heavy atom. The number of rotatable bonds is 83. The number of hydrogen-bond donors (Lipinski definition) is 3. The van der Waals surface area contributed by atoms with E-state index in [0.29, 0.717) is 25.7 Å². The second-order valence-electron chi connectivity index (χ2n) is 29.5. The number of aliphatic hydroxyl groups excluding tert-OH is 1. The summed E-state index contributed by atoms with van der Waals surface area (Å²) in [6.07, 6.45) is 74.3. The lowest BCUT2D eigenvalue weighted by Gasteiger charge is -2.21. The van der Waals surface area contributed by atoms with Crippen molar-refractivity contribution in [3.8, 4) is 0 Å². The Labute approximate surface area is 631 Å². The van der Waals surface area contributed by atoms with Crippen LogP contribution in [0, 0.1) is 0 Å². The number of aliphatic hydroxyl groups is 1. The first-order valence-corrected chi connectivity index (χ1v) is 46.1. The predicted octanol–water partition coefficient (Wildman–Crippen LogP) is 25.3. The van der Waals surface area contributed by atoms with Gasteiger partial charge in [0, 0.05) is 25.7 Å². The van der Waals surface area contributed by atoms with E-state index in [4.69, 9.17) is 37.0 Å². The van der Waals surface area contributed by atoms with E-state index in [1.807, 2.05) is 0 Å². The molecule has 0 fully saturated rings. The first-order valence-electron chi connectivity index (χ1n) is 43.1. The number of unbranched alkanes of at least 4 members (excludes halogenated alkanes) is 54. The zero-order valence-electron chi connectivity index (χ0n) is 66.8. The highest BCUT2D eigenvalue weighted by Crippen LogP contribution is 2.45. The van der Waals surface area contributed by atoms with E-state index >= 15 is 0 Å². The summed E-state index contributed by atoms with van der Waals surface area (Å²) in [5.41, 5.74) is 0. The summed E-state index contributed by atoms with van der Waals surface area (Å²) in [5, 5.41) is 10.7. The molecule has 0 saturated heterocycles. The molecule has 0 aromatic rings. The Bertz CT molecular complexity index is 2040. The molecule has 0 amide bonds. The molecule has 19 heteroatoms. The van der Waals surface area contributed by atoms with Crippen LogP contribution in [0.25, 0.3) is 0 Å². The maximum atomic E-state index is 13.1. The summed E-state index contributed by atoms with van der Waals surface area (Å²) in [7, 11) is -9.93. The second-order valence-corrected chi connectivity index (χ2v) is 32.4. The smallest absolute Gasteiger partial charge is 0.462 e. The number of esters is 4. The van der Waals surface area contributed by atoms with Crippen molar-refractivity contribution in [2.75, 3.05) is 39.6 Å². The molecule has 103 heavy (non-hydrogen) atoms. The van der Waals surface area contributed by atoms with Gasteiger partial charge in [-0.3, -0.25) is 37.3 Å². The van der Waals surface area contributed by atoms with Crippen LogP contribution < -0.4 is 0 Å². The minimum absolute atomic E-state index is 0.0860. The molecule has 0 rings (SSSR count). The third kappa shape index (κ3) is 77.5. The molecule has 5 atom stereocenters. The molecule has 608 valence electrons. The number of phosphoric ester groups is 2. The van der Waals surface area contributed by atoms with Crippen molar-refractivity contribution in [3.63, 3.8) is 0 Å². The summed E-state index contributed by atoms with van der Waals surface area (Å²) < 4.78 is 68.8. The van der Waals surface area contributed by atoms with Crippen molar-refractivity contribution in [2.24, 2.45) is 0 Å². The van der Waals surface area contributed by atoms with Crippen LogP contribution in [0.3, 0.4) is 0 Å². The van der Waals surface area contributed by atoms with Crippen LogP contribution in [0.2, 0.25) is 0 Å². The van der Waals surface area contributed by atoms with Crippen LogP contribution in [0.15, 0.2) is 24.3 Å². The number of hydrogen-bond acceptors (Lipinski definition) is 15. The standard InChI is InChI=1S/C84H160O17P2/c1-5-9-13-17-21-25-29-32-35-37-38-39-41-44-47-51-55-59-63-67-71-84(89)101-80(75-95-82(87)69-65-61-57-53-49-45-43-40-36-33-30-26-22-18-14-10-6-2)77-99-103(92,93)97-73-78(85)72-96-102(90,91)98-76-79(74-94-81(86)68-64-60-56-52-48-28-24-20-16-12-8-4)100-83(88)70-66-62-58-54-50-46-42-34-31-27-23-19-15-11-7-3/h27,31,34,42,78-80,85H,5-26,28-30,32-33,35-41,43-77H2,1-4H3,(H,90,91)(H,92,93)/b31-27-,42-34-/t78-,79+,80+/m0/s1. The van der Waals surface area contributed by atoms with Gasteiger partial charge in [-0.2, -0.15) is 0 Å². The number of ether oxygens (including phenoxy) is 4. The molecule has 0 spiro atoms. The molecule has 0 bridgehead atoms. The third-order valence-electron chi connectivity index (χ3n) is 19.2. The van der Waals surface area contributed by atoms with Crippen LogP contribution in [0.1, 0.15) is 432 Å². The van der Waals surface area contributed by atoms with Crippen molar-refractivity contribution in [1.29, 1.82) is 0 Å². The molecular weight excluding hydrogens is 1340 g/mol. The largest absolute Gasteiger partial charge is 0.472 e. The van der Waals surface area contributed by atoms with E-state index in [1.54, 1.807) is 0 Å². The fraction of sp³-hybridized carbons (Fsp3) is 0.905. The van der Waals surface area contributed by atoms with E-state index in [-0.39, 0.29) is 25.7 Å². The molecule has 0 heterocycles. The molecular formula is C84H160O17P2. The van der Waals surface area contributed by atoms with Crippen LogP contribution in [-0.2, 0) is 65.4 Å². The predicted molar refractivity (Wildman–Crippen MR) is 423 cm³/mol. The fourth-order valence-corrected chi connectivity index (χ4v) is 14.2. The quantitative estimate of drug-likeness (QED) is 0.0169. The number of carbonyl (C=O) groups excluding carboxylic acids is 4. The van der Waals surface area contributed by atoms with Gasteiger partial charge in [0.05, 0.1) is 26.4 Å². The number of allylic oxidation sites excluding steroid dienone is 4. The highest BCUT2D eigenvalue weighted by atomic mass is 31.2. The van der Waals surface area contributed by atoms with E-state index in [0.717, 1.165) is 103 Å². The summed E-state index contributed by atoms with van der Waals surface area (Å²) in [4.78, 5) is 73.1. The van der Waals surface area contributed by atoms with Crippen LogP contribution >= 0.6 is 15.6 Å². The molecule has 0 aliphatic rings. The fourth-order valence-electron chi connectivity index (χ4n) is 12.6. The average Bonchev–Trinajstić information content (AvgIpc) is 0.913. The molecule has 0 aliphatic heterocycles. The van der Waals surface area contributed by atoms with Gasteiger partial charge < -0.3 is 33.8 Å². The Morgan fingerprint density at radius 2 is 0.466 bits per heavy atom. The molecule has 0 aromatic heterocycles. The highest BCUT2D eigenvalue weighted by molar-refractivity contribution is 7.47. The van der Waals surface area contributed by atoms with Gasteiger partial charge in [-0.25, -0.2) is 9.13 Å². The van der Waals surface area contributed by atoms with Gasteiger partial charge in [-0.05, 0) is 51.4 Å². The Kier molecular flexibility index (Phi) is 75.8. The normalized spacial score (nSPS) is 13.9. The minimum Gasteiger partial charge on any atom is -0.462 e. The van der Waals surface area contributed by atoms with Crippen LogP contribution in [0.4, 0.5) is 0 Å². The van der Waals surface area contributed by atoms with Gasteiger partial charge in [-0.15, -0.1) is 0 Å². The topological polar surface area (TPSA) is 237 Å². The average molecular weight is 1500 g/mol. The van der Waals surface area contributed by atoms with Gasteiger partial charge in [0.1, 0.15) is 19.3 Å². The summed E-state index contributed by atoms with van der Waals surface area (Å²) in [6.45, 7) is 4.97. The molecule has 0 aliphatic carbocycles. The Balaban J connectivity index is 5.27. The van der Waals surface area contributed by atoms with E-state index in [9.17, 15) is 43.2 Å². The second kappa shape index (κ2) is 77.7. The van der Waals surface area contributed by atoms with Crippen molar-refractivity contribution in [2.45, 2.75) is 451 Å². The minimum atomic E-state index is -4.97. The molecule has 3 N–H and O–H groups in total. The third-order valence-corrected chi connectivity index (χ3v) is 21.1. The number of carbonyl (C=O) groups is 4. The summed E-state index contributed by atoms with van der Waals surface area (Å²) in [6, 6.07) is 0. The monoisotopic (exact) mass is 1500 g/mol. The van der Waals surface area contributed by atoms with E-state index in [2.05, 4.69) is 52.0 Å². The van der Waals surface area contributed by atoms with Gasteiger partial charge >= 0.3 is 39.5 Å². The Morgan fingerprint density at radius 3 is 0.709 bits per heavy atom. The maximum Gasteiger partial charge on any atom is 0.472 e. The molecule has 17 nitrogen and oxygen atoms in total. The van der Waals surface area contributed by atoms with Gasteiger partial charge in [0.2, 0.25) is 0 Å². The Hall–Kier alpha value is -2.46. The van der Waals surface area contributed by atoms with Gasteiger partial charge in [0.15, 0.2) is 12.2 Å². The zero-order chi connectivity index (χ0) is 75.3. The zero-order valence-corrected chi connectivity index (χ0v) is 68.6. The molecule has 0 aromatic carbocycles. The summed E-state index contributed by atoms with van der Waals surface area (Å²) >= 11 is 0. The molecule has 0 radical (unpaired) electrons. The first-order chi connectivity index (χ1) is 50.2. The van der Waals surface area contributed by atoms with Crippen molar-refractivity contribution >= 4 is 39.5 Å². The van der Waals surface area contributed by atoms with Gasteiger partial charge in [-0.1, -0.05) is 379 Å². The van der Waals surface area contributed by atoms with Crippen molar-refractivity contribution in [1.82, 2.24) is 0 Å². The van der Waals surface area contributed by atoms with Gasteiger partial charge in [0.25, 0.3) is 0 Å². The first kappa shape index (κ1) is 101. The van der Waals surface area contributed by atoms with Crippen molar-refractivity contribution in [3.05, 3.63) is 24.3 Å². The number of phosphoric acid groups is 2. The van der Waals surface area contributed by atoms with E-state index < -0.39 is 97.5 Å². The lowest BCUT2D eigenvalue weighted by atomic mass is 10.0. The molecule has 2 unspecified atom stereocenters.